The molecule has 0 spiro atoms. The summed E-state index contributed by atoms with van der Waals surface area (Å²) < 4.78 is 14.5. The van der Waals surface area contributed by atoms with E-state index in [0.717, 1.165) is 5.56 Å². The lowest BCUT2D eigenvalue weighted by atomic mass is 10.00. The maximum absolute atomic E-state index is 14.0. The number of hydrogen-bond acceptors (Lipinski definition) is 1. The first-order chi connectivity index (χ1) is 8.50. The van der Waals surface area contributed by atoms with E-state index < -0.39 is 11.9 Å². The molecular weight excluding hydrogens is 319 g/mol. The zero-order chi connectivity index (χ0) is 13.3. The molecule has 1 nitrogen and oxygen atoms in total. The summed E-state index contributed by atoms with van der Waals surface area (Å²) in [6.07, 6.45) is -1.02. The molecule has 0 aliphatic heterocycles. The highest BCUT2D eigenvalue weighted by molar-refractivity contribution is 9.10. The standard InChI is InChI=1S/C14H11BrClFO/c1-8-3-2-4-9(7-8)14(18)10-5-6-11(15)12(16)13(10)17/h2-7,14,18H,1H3. The largest absolute Gasteiger partial charge is 0.384 e. The minimum Gasteiger partial charge on any atom is -0.384 e. The van der Waals surface area contributed by atoms with Gasteiger partial charge < -0.3 is 5.11 Å². The second kappa shape index (κ2) is 5.39. The molecule has 0 radical (unpaired) electrons. The van der Waals surface area contributed by atoms with Gasteiger partial charge in [-0.2, -0.15) is 0 Å². The van der Waals surface area contributed by atoms with Gasteiger partial charge in [0, 0.05) is 10.0 Å². The molecule has 2 aromatic carbocycles. The lowest BCUT2D eigenvalue weighted by Crippen LogP contribution is -2.03. The Bertz CT molecular complexity index is 586. The number of aryl methyl sites for hydroxylation is 1. The first kappa shape index (κ1) is 13.5. The number of aliphatic hydroxyl groups excluding tert-OH is 1. The van der Waals surface area contributed by atoms with Crippen LogP contribution in [-0.4, -0.2) is 5.11 Å². The normalized spacial score (nSPS) is 12.5. The minimum atomic E-state index is -1.02. The van der Waals surface area contributed by atoms with E-state index in [1.165, 1.54) is 6.07 Å². The number of aliphatic hydroxyl groups is 1. The quantitative estimate of drug-likeness (QED) is 0.796. The molecule has 0 bridgehead atoms. The molecule has 2 aromatic rings. The van der Waals surface area contributed by atoms with Crippen molar-refractivity contribution in [3.05, 3.63) is 68.4 Å². The Morgan fingerprint density at radius 3 is 2.67 bits per heavy atom. The van der Waals surface area contributed by atoms with Crippen molar-refractivity contribution in [2.24, 2.45) is 0 Å². The van der Waals surface area contributed by atoms with Crippen molar-refractivity contribution in [3.8, 4) is 0 Å². The zero-order valence-electron chi connectivity index (χ0n) is 9.62. The molecule has 4 heteroatoms. The van der Waals surface area contributed by atoms with E-state index in [4.69, 9.17) is 11.6 Å². The second-order valence-electron chi connectivity index (χ2n) is 4.08. The Hall–Kier alpha value is -0.900. The van der Waals surface area contributed by atoms with Crippen LogP contribution in [-0.2, 0) is 0 Å². The van der Waals surface area contributed by atoms with Crippen LogP contribution < -0.4 is 0 Å². The van der Waals surface area contributed by atoms with Gasteiger partial charge in [-0.25, -0.2) is 4.39 Å². The third-order valence-electron chi connectivity index (χ3n) is 2.72. The van der Waals surface area contributed by atoms with Crippen molar-refractivity contribution >= 4 is 27.5 Å². The average molecular weight is 330 g/mol. The van der Waals surface area contributed by atoms with Crippen molar-refractivity contribution in [3.63, 3.8) is 0 Å². The molecule has 0 aromatic heterocycles. The first-order valence-corrected chi connectivity index (χ1v) is 6.56. The van der Waals surface area contributed by atoms with E-state index in [9.17, 15) is 9.50 Å². The molecule has 18 heavy (non-hydrogen) atoms. The second-order valence-corrected chi connectivity index (χ2v) is 5.31. The third kappa shape index (κ3) is 2.58. The van der Waals surface area contributed by atoms with Crippen molar-refractivity contribution in [1.29, 1.82) is 0 Å². The summed E-state index contributed by atoms with van der Waals surface area (Å²) in [5, 5.41) is 10.2. The van der Waals surface area contributed by atoms with Crippen LogP contribution in [0.25, 0.3) is 0 Å². The van der Waals surface area contributed by atoms with Gasteiger partial charge in [-0.15, -0.1) is 0 Å². The summed E-state index contributed by atoms with van der Waals surface area (Å²) in [4.78, 5) is 0. The first-order valence-electron chi connectivity index (χ1n) is 5.38. The Morgan fingerprint density at radius 2 is 2.00 bits per heavy atom. The van der Waals surface area contributed by atoms with Crippen LogP contribution in [0.4, 0.5) is 4.39 Å². The van der Waals surface area contributed by atoms with Crippen LogP contribution in [0.1, 0.15) is 22.8 Å². The summed E-state index contributed by atoms with van der Waals surface area (Å²) >= 11 is 8.96. The van der Waals surface area contributed by atoms with Gasteiger partial charge in [-0.05, 0) is 34.5 Å². The van der Waals surface area contributed by atoms with Crippen LogP contribution in [0, 0.1) is 12.7 Å². The molecule has 0 aliphatic carbocycles. The van der Waals surface area contributed by atoms with Gasteiger partial charge in [0.15, 0.2) is 0 Å². The highest BCUT2D eigenvalue weighted by Gasteiger charge is 2.18. The summed E-state index contributed by atoms with van der Waals surface area (Å²) in [6.45, 7) is 1.92. The Labute approximate surface area is 118 Å². The molecule has 0 aliphatic rings. The van der Waals surface area contributed by atoms with Gasteiger partial charge in [0.25, 0.3) is 0 Å². The highest BCUT2D eigenvalue weighted by atomic mass is 79.9. The van der Waals surface area contributed by atoms with Crippen molar-refractivity contribution in [2.75, 3.05) is 0 Å². The number of halogens is 3. The van der Waals surface area contributed by atoms with Gasteiger partial charge in [0.1, 0.15) is 11.9 Å². The number of benzene rings is 2. The molecule has 0 fully saturated rings. The van der Waals surface area contributed by atoms with Crippen LogP contribution in [0.15, 0.2) is 40.9 Å². The predicted molar refractivity (Wildman–Crippen MR) is 74.4 cm³/mol. The lowest BCUT2D eigenvalue weighted by Gasteiger charge is -2.14. The van der Waals surface area contributed by atoms with E-state index in [-0.39, 0.29) is 10.6 Å². The Morgan fingerprint density at radius 1 is 1.28 bits per heavy atom. The number of hydrogen-bond donors (Lipinski definition) is 1. The van der Waals surface area contributed by atoms with E-state index in [0.29, 0.717) is 10.0 Å². The highest BCUT2D eigenvalue weighted by Crippen LogP contribution is 2.32. The fourth-order valence-electron chi connectivity index (χ4n) is 1.77. The van der Waals surface area contributed by atoms with Crippen molar-refractivity contribution in [1.82, 2.24) is 0 Å². The molecule has 0 saturated carbocycles. The van der Waals surface area contributed by atoms with E-state index in [1.54, 1.807) is 12.1 Å². The molecule has 1 atom stereocenters. The van der Waals surface area contributed by atoms with Gasteiger partial charge in [0.2, 0.25) is 0 Å². The van der Waals surface area contributed by atoms with Gasteiger partial charge in [-0.3, -0.25) is 0 Å². The van der Waals surface area contributed by atoms with Gasteiger partial charge >= 0.3 is 0 Å². The lowest BCUT2D eigenvalue weighted by molar-refractivity contribution is 0.215. The molecule has 2 rings (SSSR count). The van der Waals surface area contributed by atoms with Crippen LogP contribution >= 0.6 is 27.5 Å². The molecule has 0 heterocycles. The summed E-state index contributed by atoms with van der Waals surface area (Å²) in [6, 6.07) is 10.5. The maximum atomic E-state index is 14.0. The molecule has 0 amide bonds. The molecule has 1 unspecified atom stereocenters. The average Bonchev–Trinajstić information content (AvgIpc) is 2.35. The topological polar surface area (TPSA) is 20.2 Å². The van der Waals surface area contributed by atoms with E-state index in [2.05, 4.69) is 15.9 Å². The van der Waals surface area contributed by atoms with Crippen LogP contribution in [0.5, 0.6) is 0 Å². The SMILES string of the molecule is Cc1cccc(C(O)c2ccc(Br)c(Cl)c2F)c1. The monoisotopic (exact) mass is 328 g/mol. The van der Waals surface area contributed by atoms with E-state index >= 15 is 0 Å². The van der Waals surface area contributed by atoms with Crippen LogP contribution in [0.2, 0.25) is 5.02 Å². The molecule has 94 valence electrons. The summed E-state index contributed by atoms with van der Waals surface area (Å²) in [7, 11) is 0. The third-order valence-corrected chi connectivity index (χ3v) is 3.98. The van der Waals surface area contributed by atoms with E-state index in [1.807, 2.05) is 25.1 Å². The summed E-state index contributed by atoms with van der Waals surface area (Å²) in [5.74, 6) is -0.597. The molecule has 0 saturated heterocycles. The fraction of sp³-hybridized carbons (Fsp3) is 0.143. The molecular formula is C14H11BrClFO. The maximum Gasteiger partial charge on any atom is 0.149 e. The Kier molecular flexibility index (Phi) is 4.05. The fourth-order valence-corrected chi connectivity index (χ4v) is 2.25. The predicted octanol–water partition coefficient (Wildman–Crippen LogP) is 4.63. The number of rotatable bonds is 2. The van der Waals surface area contributed by atoms with Gasteiger partial charge in [-0.1, -0.05) is 47.5 Å². The van der Waals surface area contributed by atoms with Gasteiger partial charge in [0.05, 0.1) is 5.02 Å². The van der Waals surface area contributed by atoms with Crippen molar-refractivity contribution in [2.45, 2.75) is 13.0 Å². The zero-order valence-corrected chi connectivity index (χ0v) is 12.0. The Balaban J connectivity index is 2.46. The summed E-state index contributed by atoms with van der Waals surface area (Å²) in [5.41, 5.74) is 1.83. The van der Waals surface area contributed by atoms with Crippen molar-refractivity contribution < 1.29 is 9.50 Å². The smallest absolute Gasteiger partial charge is 0.149 e. The minimum absolute atomic E-state index is 0.0146. The van der Waals surface area contributed by atoms with Crippen LogP contribution in [0.3, 0.4) is 0 Å². The molecule has 1 N–H and O–H groups in total.